The minimum atomic E-state index is -0.0670. The molecule has 2 aromatic rings. The third kappa shape index (κ3) is 3.37. The predicted octanol–water partition coefficient (Wildman–Crippen LogP) is 2.65. The number of carbonyl (C=O) groups is 1. The van der Waals surface area contributed by atoms with Gasteiger partial charge in [0.1, 0.15) is 0 Å². The molecule has 4 heteroatoms. The quantitative estimate of drug-likeness (QED) is 0.903. The van der Waals surface area contributed by atoms with Crippen molar-refractivity contribution in [1.82, 2.24) is 9.88 Å². The van der Waals surface area contributed by atoms with Crippen molar-refractivity contribution in [3.63, 3.8) is 0 Å². The van der Waals surface area contributed by atoms with Crippen molar-refractivity contribution in [2.75, 3.05) is 6.54 Å². The van der Waals surface area contributed by atoms with Crippen molar-refractivity contribution >= 4 is 17.5 Å². The fourth-order valence-corrected chi connectivity index (χ4v) is 1.86. The van der Waals surface area contributed by atoms with E-state index in [4.69, 9.17) is 11.6 Å². The van der Waals surface area contributed by atoms with Crippen LogP contribution in [0.5, 0.6) is 0 Å². The minimum Gasteiger partial charge on any atom is -0.357 e. The number of aryl methyl sites for hydroxylation is 1. The van der Waals surface area contributed by atoms with E-state index < -0.39 is 0 Å². The normalized spacial score (nSPS) is 10.3. The summed E-state index contributed by atoms with van der Waals surface area (Å²) in [4.78, 5) is 11.8. The molecular weight excluding hydrogens is 248 g/mol. The van der Waals surface area contributed by atoms with E-state index in [1.54, 1.807) is 24.3 Å². The van der Waals surface area contributed by atoms with Gasteiger partial charge < -0.3 is 9.88 Å². The Balaban J connectivity index is 1.83. The van der Waals surface area contributed by atoms with E-state index in [1.165, 1.54) is 5.56 Å². The van der Waals surface area contributed by atoms with Crippen LogP contribution in [0.15, 0.2) is 42.7 Å². The second-order valence-corrected chi connectivity index (χ2v) is 4.63. The highest BCUT2D eigenvalue weighted by atomic mass is 35.5. The summed E-state index contributed by atoms with van der Waals surface area (Å²) in [5, 5.41) is 3.52. The highest BCUT2D eigenvalue weighted by molar-refractivity contribution is 6.30. The molecule has 1 amide bonds. The smallest absolute Gasteiger partial charge is 0.251 e. The summed E-state index contributed by atoms with van der Waals surface area (Å²) in [5.41, 5.74) is 1.85. The highest BCUT2D eigenvalue weighted by Crippen LogP contribution is 2.09. The van der Waals surface area contributed by atoms with Crippen LogP contribution in [0.25, 0.3) is 0 Å². The molecule has 0 fully saturated rings. The zero-order chi connectivity index (χ0) is 13.0. The van der Waals surface area contributed by atoms with E-state index in [0.29, 0.717) is 17.1 Å². The molecule has 0 aliphatic heterocycles. The first-order valence-corrected chi connectivity index (χ1v) is 6.17. The van der Waals surface area contributed by atoms with Gasteiger partial charge in [0.2, 0.25) is 0 Å². The maximum absolute atomic E-state index is 11.8. The molecule has 0 bridgehead atoms. The second-order valence-electron chi connectivity index (χ2n) is 4.20. The Morgan fingerprint density at radius 2 is 2.00 bits per heavy atom. The Morgan fingerprint density at radius 3 is 2.61 bits per heavy atom. The van der Waals surface area contributed by atoms with Crippen LogP contribution in [-0.2, 0) is 13.5 Å². The van der Waals surface area contributed by atoms with Crippen molar-refractivity contribution in [3.05, 3.63) is 58.9 Å². The topological polar surface area (TPSA) is 34.0 Å². The average Bonchev–Trinajstić information content (AvgIpc) is 2.76. The van der Waals surface area contributed by atoms with Crippen molar-refractivity contribution in [2.45, 2.75) is 6.42 Å². The van der Waals surface area contributed by atoms with E-state index in [9.17, 15) is 4.79 Å². The number of hydrogen-bond donors (Lipinski definition) is 1. The Morgan fingerprint density at radius 1 is 1.28 bits per heavy atom. The molecule has 0 atom stereocenters. The van der Waals surface area contributed by atoms with Gasteiger partial charge in [0.05, 0.1) is 0 Å². The lowest BCUT2D eigenvalue weighted by Crippen LogP contribution is -2.25. The molecule has 2 rings (SSSR count). The fraction of sp³-hybridized carbons (Fsp3) is 0.214. The summed E-state index contributed by atoms with van der Waals surface area (Å²) in [5.74, 6) is -0.0670. The average molecular weight is 263 g/mol. The molecular formula is C14H15ClN2O. The first-order valence-electron chi connectivity index (χ1n) is 5.80. The van der Waals surface area contributed by atoms with Gasteiger partial charge in [-0.25, -0.2) is 0 Å². The Labute approximate surface area is 111 Å². The van der Waals surface area contributed by atoms with Crippen LogP contribution in [0, 0.1) is 0 Å². The first kappa shape index (κ1) is 12.7. The Kier molecular flexibility index (Phi) is 4.05. The maximum Gasteiger partial charge on any atom is 0.251 e. The molecule has 18 heavy (non-hydrogen) atoms. The zero-order valence-corrected chi connectivity index (χ0v) is 10.9. The van der Waals surface area contributed by atoms with Crippen LogP contribution in [0.4, 0.5) is 0 Å². The van der Waals surface area contributed by atoms with Gasteiger partial charge in [-0.05, 0) is 42.3 Å². The maximum atomic E-state index is 11.8. The Bertz CT molecular complexity index is 531. The van der Waals surface area contributed by atoms with Gasteiger partial charge in [0.15, 0.2) is 0 Å². The van der Waals surface area contributed by atoms with E-state index in [0.717, 1.165) is 6.42 Å². The van der Waals surface area contributed by atoms with Crippen molar-refractivity contribution < 1.29 is 4.79 Å². The van der Waals surface area contributed by atoms with Crippen LogP contribution in [0.3, 0.4) is 0 Å². The molecule has 3 nitrogen and oxygen atoms in total. The van der Waals surface area contributed by atoms with Gasteiger partial charge in [-0.15, -0.1) is 0 Å². The largest absolute Gasteiger partial charge is 0.357 e. The molecule has 1 aromatic heterocycles. The summed E-state index contributed by atoms with van der Waals surface area (Å²) >= 11 is 5.77. The van der Waals surface area contributed by atoms with Crippen LogP contribution >= 0.6 is 11.6 Å². The van der Waals surface area contributed by atoms with Crippen molar-refractivity contribution in [3.8, 4) is 0 Å². The number of amides is 1. The van der Waals surface area contributed by atoms with Gasteiger partial charge in [-0.1, -0.05) is 11.6 Å². The lowest BCUT2D eigenvalue weighted by molar-refractivity contribution is 0.0954. The van der Waals surface area contributed by atoms with Crippen LogP contribution in [-0.4, -0.2) is 17.0 Å². The summed E-state index contributed by atoms with van der Waals surface area (Å²) in [7, 11) is 1.98. The van der Waals surface area contributed by atoms with Crippen molar-refractivity contribution in [1.29, 1.82) is 0 Å². The summed E-state index contributed by atoms with van der Waals surface area (Å²) < 4.78 is 2.00. The molecule has 0 unspecified atom stereocenters. The third-order valence-electron chi connectivity index (χ3n) is 2.70. The van der Waals surface area contributed by atoms with Gasteiger partial charge in [0.25, 0.3) is 5.91 Å². The number of carbonyl (C=O) groups excluding carboxylic acids is 1. The second kappa shape index (κ2) is 5.74. The van der Waals surface area contributed by atoms with Gasteiger partial charge in [0, 0.05) is 36.6 Å². The number of aromatic nitrogens is 1. The first-order chi connectivity index (χ1) is 8.65. The molecule has 1 aromatic carbocycles. The van der Waals surface area contributed by atoms with Gasteiger partial charge >= 0.3 is 0 Å². The zero-order valence-electron chi connectivity index (χ0n) is 10.2. The van der Waals surface area contributed by atoms with Gasteiger partial charge in [-0.3, -0.25) is 4.79 Å². The molecule has 0 spiro atoms. The van der Waals surface area contributed by atoms with Crippen LogP contribution < -0.4 is 5.32 Å². The van der Waals surface area contributed by atoms with E-state index in [-0.39, 0.29) is 5.91 Å². The molecule has 0 saturated heterocycles. The number of halogens is 1. The molecule has 1 N–H and O–H groups in total. The number of rotatable bonds is 4. The number of hydrogen-bond acceptors (Lipinski definition) is 1. The van der Waals surface area contributed by atoms with E-state index in [2.05, 4.69) is 17.6 Å². The standard InChI is InChI=1S/C14H15ClN2O/c1-17-9-7-11(10-17)6-8-16-14(18)12-2-4-13(15)5-3-12/h2-5,7,9-10H,6,8H2,1H3,(H,16,18). The number of benzene rings is 1. The van der Waals surface area contributed by atoms with Crippen molar-refractivity contribution in [2.24, 2.45) is 7.05 Å². The molecule has 0 saturated carbocycles. The molecule has 0 radical (unpaired) electrons. The summed E-state index contributed by atoms with van der Waals surface area (Å²) in [6.45, 7) is 0.630. The minimum absolute atomic E-state index is 0.0670. The van der Waals surface area contributed by atoms with E-state index in [1.807, 2.05) is 17.8 Å². The number of nitrogens with zero attached hydrogens (tertiary/aromatic N) is 1. The monoisotopic (exact) mass is 262 g/mol. The number of nitrogens with one attached hydrogen (secondary N) is 1. The molecule has 0 aliphatic carbocycles. The SMILES string of the molecule is Cn1ccc(CCNC(=O)c2ccc(Cl)cc2)c1. The van der Waals surface area contributed by atoms with E-state index >= 15 is 0 Å². The predicted molar refractivity (Wildman–Crippen MR) is 72.9 cm³/mol. The summed E-state index contributed by atoms with van der Waals surface area (Å²) in [6, 6.07) is 8.93. The fourth-order valence-electron chi connectivity index (χ4n) is 1.73. The molecule has 0 aliphatic rings. The van der Waals surface area contributed by atoms with Crippen LogP contribution in [0.1, 0.15) is 15.9 Å². The Hall–Kier alpha value is -1.74. The lowest BCUT2D eigenvalue weighted by atomic mass is 10.2. The summed E-state index contributed by atoms with van der Waals surface area (Å²) in [6.07, 6.45) is 4.88. The molecule has 1 heterocycles. The third-order valence-corrected chi connectivity index (χ3v) is 2.95. The van der Waals surface area contributed by atoms with Gasteiger partial charge in [-0.2, -0.15) is 0 Å². The lowest BCUT2D eigenvalue weighted by Gasteiger charge is -2.04. The van der Waals surface area contributed by atoms with Crippen LogP contribution in [0.2, 0.25) is 5.02 Å². The highest BCUT2D eigenvalue weighted by Gasteiger charge is 2.04. The molecule has 94 valence electrons.